The standard InChI is InChI=1S/C29H29N3O6/c1-37-21-11-7-18(8-12-21)27(19-9-13-22(38-2)14-10-19)32-28(35)24(15-16-26(33)34)31-29(36)25-17-20-5-3-4-6-23(20)30-25/h3-14,17,24,27,30H,15-16H2,1-2H3,(H,31,36)(H,32,35)(H,33,34)/t24-/m0/s1. The minimum Gasteiger partial charge on any atom is -0.497 e. The molecule has 0 spiro atoms. The maximum absolute atomic E-state index is 13.5. The van der Waals surface area contributed by atoms with E-state index in [2.05, 4.69) is 15.6 Å². The molecule has 1 atom stereocenters. The van der Waals surface area contributed by atoms with Crippen LogP contribution in [0.1, 0.15) is 40.5 Å². The maximum Gasteiger partial charge on any atom is 0.303 e. The predicted octanol–water partition coefficient (Wildman–Crippen LogP) is 4.05. The highest BCUT2D eigenvalue weighted by Gasteiger charge is 2.26. The van der Waals surface area contributed by atoms with E-state index >= 15 is 0 Å². The normalized spacial score (nSPS) is 11.7. The number of H-pyrrole nitrogens is 1. The highest BCUT2D eigenvalue weighted by molar-refractivity contribution is 6.00. The van der Waals surface area contributed by atoms with Crippen molar-refractivity contribution >= 4 is 28.7 Å². The van der Waals surface area contributed by atoms with Gasteiger partial charge >= 0.3 is 5.97 Å². The number of aliphatic carboxylic acids is 1. The van der Waals surface area contributed by atoms with Crippen LogP contribution in [0, 0.1) is 0 Å². The molecule has 9 heteroatoms. The molecule has 2 amide bonds. The number of rotatable bonds is 11. The number of ether oxygens (including phenoxy) is 2. The van der Waals surface area contributed by atoms with Crippen molar-refractivity contribution in [2.75, 3.05) is 14.2 Å². The van der Waals surface area contributed by atoms with Crippen LogP contribution >= 0.6 is 0 Å². The van der Waals surface area contributed by atoms with Gasteiger partial charge in [0.1, 0.15) is 23.2 Å². The van der Waals surface area contributed by atoms with E-state index in [9.17, 15) is 19.5 Å². The highest BCUT2D eigenvalue weighted by atomic mass is 16.5. The number of fused-ring (bicyclic) bond motifs is 1. The highest BCUT2D eigenvalue weighted by Crippen LogP contribution is 2.26. The van der Waals surface area contributed by atoms with E-state index in [1.54, 1.807) is 44.6 Å². The Balaban J connectivity index is 1.60. The Labute approximate surface area is 219 Å². The summed E-state index contributed by atoms with van der Waals surface area (Å²) in [5.41, 5.74) is 2.62. The van der Waals surface area contributed by atoms with E-state index in [1.165, 1.54) is 0 Å². The third-order valence-electron chi connectivity index (χ3n) is 6.23. The molecule has 1 heterocycles. The molecule has 0 aliphatic rings. The van der Waals surface area contributed by atoms with Crippen LogP contribution < -0.4 is 20.1 Å². The zero-order valence-corrected chi connectivity index (χ0v) is 21.1. The zero-order valence-electron chi connectivity index (χ0n) is 21.1. The Morgan fingerprint density at radius 3 is 1.95 bits per heavy atom. The predicted molar refractivity (Wildman–Crippen MR) is 142 cm³/mol. The quantitative estimate of drug-likeness (QED) is 0.238. The van der Waals surface area contributed by atoms with Crippen molar-refractivity contribution < 1.29 is 29.0 Å². The number of carbonyl (C=O) groups is 3. The van der Waals surface area contributed by atoms with E-state index in [4.69, 9.17) is 9.47 Å². The molecule has 38 heavy (non-hydrogen) atoms. The van der Waals surface area contributed by atoms with Crippen molar-refractivity contribution in [3.05, 3.63) is 95.7 Å². The second-order valence-electron chi connectivity index (χ2n) is 8.72. The van der Waals surface area contributed by atoms with Gasteiger partial charge in [0.05, 0.1) is 20.3 Å². The third kappa shape index (κ3) is 6.31. The van der Waals surface area contributed by atoms with Crippen LogP contribution in [0.2, 0.25) is 0 Å². The molecule has 196 valence electrons. The first-order chi connectivity index (χ1) is 18.4. The van der Waals surface area contributed by atoms with Crippen molar-refractivity contribution in [1.29, 1.82) is 0 Å². The van der Waals surface area contributed by atoms with Gasteiger partial charge in [-0.05, 0) is 53.9 Å². The monoisotopic (exact) mass is 515 g/mol. The number of hydrogen-bond donors (Lipinski definition) is 4. The number of aromatic amines is 1. The van der Waals surface area contributed by atoms with Gasteiger partial charge in [0.25, 0.3) is 5.91 Å². The molecule has 4 N–H and O–H groups in total. The van der Waals surface area contributed by atoms with Crippen molar-refractivity contribution in [1.82, 2.24) is 15.6 Å². The second kappa shape index (κ2) is 12.0. The van der Waals surface area contributed by atoms with Crippen LogP contribution in [0.25, 0.3) is 10.9 Å². The number of carboxylic acids is 1. The van der Waals surface area contributed by atoms with Gasteiger partial charge in [0, 0.05) is 17.3 Å². The van der Waals surface area contributed by atoms with Crippen molar-refractivity contribution in [2.45, 2.75) is 24.9 Å². The summed E-state index contributed by atoms with van der Waals surface area (Å²) >= 11 is 0. The van der Waals surface area contributed by atoms with Gasteiger partial charge < -0.3 is 30.2 Å². The number of methoxy groups -OCH3 is 2. The van der Waals surface area contributed by atoms with Gasteiger partial charge in [-0.3, -0.25) is 14.4 Å². The molecule has 0 fully saturated rings. The topological polar surface area (TPSA) is 130 Å². The minimum absolute atomic E-state index is 0.0783. The summed E-state index contributed by atoms with van der Waals surface area (Å²) in [4.78, 5) is 40.9. The Morgan fingerprint density at radius 1 is 0.842 bits per heavy atom. The molecule has 0 saturated heterocycles. The molecule has 1 aromatic heterocycles. The molecule has 0 bridgehead atoms. The van der Waals surface area contributed by atoms with Crippen LogP contribution in [0.3, 0.4) is 0 Å². The molecule has 3 aromatic carbocycles. The summed E-state index contributed by atoms with van der Waals surface area (Å²) in [6.07, 6.45) is -0.369. The van der Waals surface area contributed by atoms with E-state index in [1.807, 2.05) is 48.5 Å². The lowest BCUT2D eigenvalue weighted by Crippen LogP contribution is -2.48. The number of hydrogen-bond acceptors (Lipinski definition) is 5. The van der Waals surface area contributed by atoms with E-state index < -0.39 is 29.9 Å². The molecule has 0 saturated carbocycles. The fraction of sp³-hybridized carbons (Fsp3) is 0.207. The van der Waals surface area contributed by atoms with Gasteiger partial charge in [0.15, 0.2) is 0 Å². The molecule has 0 aliphatic carbocycles. The number of nitrogens with one attached hydrogen (secondary N) is 3. The maximum atomic E-state index is 13.5. The SMILES string of the molecule is COc1ccc(C(NC(=O)[C@H](CCC(=O)O)NC(=O)c2cc3ccccc3[nH]2)c2ccc(OC)cc2)cc1. The Bertz CT molecular complexity index is 1330. The average molecular weight is 516 g/mol. The van der Waals surface area contributed by atoms with Crippen LogP contribution in [-0.2, 0) is 9.59 Å². The lowest BCUT2D eigenvalue weighted by atomic mass is 9.97. The smallest absolute Gasteiger partial charge is 0.303 e. The summed E-state index contributed by atoms with van der Waals surface area (Å²) in [5, 5.41) is 15.8. The lowest BCUT2D eigenvalue weighted by molar-refractivity contribution is -0.137. The Hall–Kier alpha value is -4.79. The largest absolute Gasteiger partial charge is 0.497 e. The molecule has 0 radical (unpaired) electrons. The van der Waals surface area contributed by atoms with Crippen molar-refractivity contribution in [2.24, 2.45) is 0 Å². The van der Waals surface area contributed by atoms with Gasteiger partial charge in [-0.15, -0.1) is 0 Å². The molecular weight excluding hydrogens is 486 g/mol. The number of benzene rings is 3. The number of carbonyl (C=O) groups excluding carboxylic acids is 2. The number of aromatic nitrogens is 1. The van der Waals surface area contributed by atoms with Crippen LogP contribution in [-0.4, -0.2) is 48.1 Å². The fourth-order valence-electron chi connectivity index (χ4n) is 4.16. The summed E-state index contributed by atoms with van der Waals surface area (Å²) in [7, 11) is 3.14. The molecular formula is C29H29N3O6. The molecule has 4 aromatic rings. The lowest BCUT2D eigenvalue weighted by Gasteiger charge is -2.24. The summed E-state index contributed by atoms with van der Waals surface area (Å²) in [5.74, 6) is -0.744. The number of carboxylic acid groups (broad SMARTS) is 1. The van der Waals surface area contributed by atoms with E-state index in [0.29, 0.717) is 11.5 Å². The Kier molecular flexibility index (Phi) is 8.27. The van der Waals surface area contributed by atoms with Gasteiger partial charge in [0.2, 0.25) is 5.91 Å². The van der Waals surface area contributed by atoms with Crippen LogP contribution in [0.15, 0.2) is 78.9 Å². The third-order valence-corrected chi connectivity index (χ3v) is 6.23. The minimum atomic E-state index is -1.08. The summed E-state index contributed by atoms with van der Waals surface area (Å²) in [6, 6.07) is 22.0. The Morgan fingerprint density at radius 2 is 1.42 bits per heavy atom. The van der Waals surface area contributed by atoms with Crippen molar-refractivity contribution in [3.8, 4) is 11.5 Å². The summed E-state index contributed by atoms with van der Waals surface area (Å²) < 4.78 is 10.5. The number of amides is 2. The first-order valence-corrected chi connectivity index (χ1v) is 12.1. The van der Waals surface area contributed by atoms with E-state index in [-0.39, 0.29) is 18.5 Å². The van der Waals surface area contributed by atoms with Crippen molar-refractivity contribution in [3.63, 3.8) is 0 Å². The molecule has 0 aliphatic heterocycles. The first-order valence-electron chi connectivity index (χ1n) is 12.1. The molecule has 4 rings (SSSR count). The molecule has 0 unspecified atom stereocenters. The summed E-state index contributed by atoms with van der Waals surface area (Å²) in [6.45, 7) is 0. The van der Waals surface area contributed by atoms with E-state index in [0.717, 1.165) is 22.0 Å². The van der Waals surface area contributed by atoms with Gasteiger partial charge in [-0.1, -0.05) is 42.5 Å². The number of para-hydroxylation sites is 1. The fourth-order valence-corrected chi connectivity index (χ4v) is 4.16. The first kappa shape index (κ1) is 26.3. The zero-order chi connectivity index (χ0) is 27.1. The van der Waals surface area contributed by atoms with Crippen LogP contribution in [0.4, 0.5) is 0 Å². The van der Waals surface area contributed by atoms with Gasteiger partial charge in [-0.2, -0.15) is 0 Å². The second-order valence-corrected chi connectivity index (χ2v) is 8.72. The van der Waals surface area contributed by atoms with Gasteiger partial charge in [-0.25, -0.2) is 0 Å². The van der Waals surface area contributed by atoms with Crippen LogP contribution in [0.5, 0.6) is 11.5 Å². The average Bonchev–Trinajstić information content (AvgIpc) is 3.38. The molecule has 9 nitrogen and oxygen atoms in total.